The van der Waals surface area contributed by atoms with Gasteiger partial charge in [-0.3, -0.25) is 15.0 Å². The minimum atomic E-state index is -0.562. The van der Waals surface area contributed by atoms with Gasteiger partial charge in [-0.2, -0.15) is 0 Å². The molecule has 0 bridgehead atoms. The molecule has 2 aliphatic heterocycles. The molecule has 3 aromatic carbocycles. The monoisotopic (exact) mass is 597 g/mol. The van der Waals surface area contributed by atoms with Gasteiger partial charge >= 0.3 is 6.09 Å². The quantitative estimate of drug-likeness (QED) is 0.177. The molecule has 1 aromatic heterocycles. The van der Waals surface area contributed by atoms with E-state index in [1.54, 1.807) is 23.2 Å². The van der Waals surface area contributed by atoms with Crippen LogP contribution >= 0.6 is 0 Å². The number of rotatable bonds is 6. The number of anilines is 1. The van der Waals surface area contributed by atoms with E-state index in [4.69, 9.17) is 4.74 Å². The van der Waals surface area contributed by atoms with Crippen LogP contribution in [0.1, 0.15) is 81.5 Å². The number of nitro benzene ring substituents is 1. The van der Waals surface area contributed by atoms with Crippen molar-refractivity contribution in [2.24, 2.45) is 0 Å². The number of nitrogens with zero attached hydrogens (tertiary/aromatic N) is 4. The molecule has 2 saturated heterocycles. The number of aromatic amines is 1. The number of hydrogen-bond donors (Lipinski definition) is 1. The standard InChI is InChI=1S/C34H36FN5O4/c1-34(2,3)44-33(41)38-20-4-5-31(38)32-36-21-28(37-32)22-6-8-23(9-7-22)29-18-19-30(24-10-14-27(15-11-24)40(42)43)39(29)26-16-12-25(35)13-17-26/h6-17,21,29-31H,4-5,18-20H2,1-3H3,(H,36,37). The van der Waals surface area contributed by atoms with E-state index in [0.717, 1.165) is 59.6 Å². The second-order valence-corrected chi connectivity index (χ2v) is 12.5. The first-order valence-electron chi connectivity index (χ1n) is 15.0. The molecule has 0 aliphatic carbocycles. The van der Waals surface area contributed by atoms with Gasteiger partial charge in [0, 0.05) is 24.4 Å². The second-order valence-electron chi connectivity index (χ2n) is 12.5. The van der Waals surface area contributed by atoms with Gasteiger partial charge in [-0.1, -0.05) is 36.4 Å². The summed E-state index contributed by atoms with van der Waals surface area (Å²) in [6.07, 6.45) is 4.91. The van der Waals surface area contributed by atoms with Crippen molar-refractivity contribution in [1.29, 1.82) is 0 Å². The van der Waals surface area contributed by atoms with Gasteiger partial charge in [0.15, 0.2) is 0 Å². The largest absolute Gasteiger partial charge is 0.444 e. The molecular formula is C34H36FN5O4. The second kappa shape index (κ2) is 11.7. The summed E-state index contributed by atoms with van der Waals surface area (Å²) < 4.78 is 19.5. The highest BCUT2D eigenvalue weighted by molar-refractivity contribution is 5.69. The molecule has 9 nitrogen and oxygen atoms in total. The lowest BCUT2D eigenvalue weighted by molar-refractivity contribution is -0.384. The third-order valence-corrected chi connectivity index (χ3v) is 8.40. The molecule has 0 radical (unpaired) electrons. The predicted octanol–water partition coefficient (Wildman–Crippen LogP) is 8.28. The Kier molecular flexibility index (Phi) is 7.84. The summed E-state index contributed by atoms with van der Waals surface area (Å²) in [6, 6.07) is 21.4. The number of halogens is 1. The zero-order valence-electron chi connectivity index (χ0n) is 25.1. The molecule has 10 heteroatoms. The highest BCUT2D eigenvalue weighted by Crippen LogP contribution is 2.47. The van der Waals surface area contributed by atoms with E-state index in [2.05, 4.69) is 39.1 Å². The van der Waals surface area contributed by atoms with Crippen LogP contribution in [0, 0.1) is 15.9 Å². The molecular weight excluding hydrogens is 561 g/mol. The number of likely N-dealkylation sites (tertiary alicyclic amines) is 1. The molecule has 2 aliphatic rings. The number of benzene rings is 3. The fourth-order valence-corrected chi connectivity index (χ4v) is 6.38. The van der Waals surface area contributed by atoms with Crippen molar-refractivity contribution in [3.8, 4) is 11.3 Å². The van der Waals surface area contributed by atoms with Gasteiger partial charge in [-0.25, -0.2) is 14.2 Å². The number of hydrogen-bond acceptors (Lipinski definition) is 6. The van der Waals surface area contributed by atoms with Crippen LogP contribution in [0.2, 0.25) is 0 Å². The van der Waals surface area contributed by atoms with Crippen LogP contribution in [0.25, 0.3) is 11.3 Å². The molecule has 6 rings (SSSR count). The first-order valence-corrected chi connectivity index (χ1v) is 15.0. The first-order chi connectivity index (χ1) is 21.1. The Morgan fingerprint density at radius 3 is 2.14 bits per heavy atom. The van der Waals surface area contributed by atoms with Crippen molar-refractivity contribution in [2.45, 2.75) is 70.2 Å². The molecule has 1 N–H and O–H groups in total. The Hall–Kier alpha value is -4.73. The van der Waals surface area contributed by atoms with E-state index in [1.807, 2.05) is 32.9 Å². The van der Waals surface area contributed by atoms with Crippen LogP contribution in [0.15, 0.2) is 79.0 Å². The highest BCUT2D eigenvalue weighted by atomic mass is 19.1. The normalized spacial score (nSPS) is 20.2. The molecule has 0 spiro atoms. The first kappa shape index (κ1) is 29.3. The lowest BCUT2D eigenvalue weighted by Crippen LogP contribution is -2.36. The molecule has 1 amide bonds. The number of aromatic nitrogens is 2. The predicted molar refractivity (Wildman–Crippen MR) is 166 cm³/mol. The number of carbonyl (C=O) groups is 1. The molecule has 0 saturated carbocycles. The number of nitro groups is 1. The topological polar surface area (TPSA) is 105 Å². The molecule has 2 fully saturated rings. The summed E-state index contributed by atoms with van der Waals surface area (Å²) in [7, 11) is 0. The van der Waals surface area contributed by atoms with Gasteiger partial charge in [0.2, 0.25) is 0 Å². The van der Waals surface area contributed by atoms with Crippen molar-refractivity contribution in [3.63, 3.8) is 0 Å². The number of ether oxygens (including phenoxy) is 1. The number of non-ortho nitro benzene ring substituents is 1. The Morgan fingerprint density at radius 2 is 1.55 bits per heavy atom. The lowest BCUT2D eigenvalue weighted by atomic mass is 10.0. The Labute approximate surface area is 255 Å². The van der Waals surface area contributed by atoms with Gasteiger partial charge < -0.3 is 14.6 Å². The summed E-state index contributed by atoms with van der Waals surface area (Å²) >= 11 is 0. The fraction of sp³-hybridized carbons (Fsp3) is 0.353. The number of carbonyl (C=O) groups excluding carboxylic acids is 1. The van der Waals surface area contributed by atoms with Crippen molar-refractivity contribution in [3.05, 3.63) is 112 Å². The van der Waals surface area contributed by atoms with Crippen molar-refractivity contribution < 1.29 is 18.8 Å². The molecule has 228 valence electrons. The summed E-state index contributed by atoms with van der Waals surface area (Å²) in [5.74, 6) is 0.447. The van der Waals surface area contributed by atoms with Crippen molar-refractivity contribution in [1.82, 2.24) is 14.9 Å². The average molecular weight is 598 g/mol. The van der Waals surface area contributed by atoms with E-state index in [0.29, 0.717) is 6.54 Å². The minimum Gasteiger partial charge on any atom is -0.444 e. The summed E-state index contributed by atoms with van der Waals surface area (Å²) in [5, 5.41) is 11.2. The van der Waals surface area contributed by atoms with E-state index in [9.17, 15) is 19.3 Å². The average Bonchev–Trinajstić information content (AvgIpc) is 3.77. The number of H-pyrrole nitrogens is 1. The fourth-order valence-electron chi connectivity index (χ4n) is 6.38. The minimum absolute atomic E-state index is 0.0135. The third-order valence-electron chi connectivity index (χ3n) is 8.40. The SMILES string of the molecule is CC(C)(C)OC(=O)N1CCCC1c1ncc(-c2ccc(C3CCC(c4ccc([N+](=O)[O-])cc4)N3c3ccc(F)cc3)cc2)[nH]1. The van der Waals surface area contributed by atoms with Gasteiger partial charge in [0.05, 0.1) is 34.9 Å². The molecule has 3 atom stereocenters. The van der Waals surface area contributed by atoms with Gasteiger partial charge in [-0.15, -0.1) is 0 Å². The number of nitrogens with one attached hydrogen (secondary N) is 1. The molecule has 4 aromatic rings. The summed E-state index contributed by atoms with van der Waals surface area (Å²) in [4.78, 5) is 35.7. The van der Waals surface area contributed by atoms with Crippen LogP contribution in [0.4, 0.5) is 20.6 Å². The van der Waals surface area contributed by atoms with Crippen molar-refractivity contribution in [2.75, 3.05) is 11.4 Å². The van der Waals surface area contributed by atoms with Crippen LogP contribution in [0.5, 0.6) is 0 Å². The van der Waals surface area contributed by atoms with E-state index >= 15 is 0 Å². The van der Waals surface area contributed by atoms with Crippen molar-refractivity contribution >= 4 is 17.5 Å². The van der Waals surface area contributed by atoms with Crippen LogP contribution in [-0.2, 0) is 4.74 Å². The smallest absolute Gasteiger partial charge is 0.410 e. The van der Waals surface area contributed by atoms with Gasteiger partial charge in [-0.05, 0) is 87.4 Å². The highest BCUT2D eigenvalue weighted by Gasteiger charge is 2.37. The zero-order chi connectivity index (χ0) is 31.0. The van der Waals surface area contributed by atoms with E-state index in [1.165, 1.54) is 24.3 Å². The maximum atomic E-state index is 13.9. The summed E-state index contributed by atoms with van der Waals surface area (Å²) in [6.45, 7) is 6.23. The Balaban J connectivity index is 1.23. The van der Waals surface area contributed by atoms with Crippen LogP contribution in [0.3, 0.4) is 0 Å². The molecule has 3 unspecified atom stereocenters. The number of imidazole rings is 1. The van der Waals surface area contributed by atoms with E-state index in [-0.39, 0.29) is 35.7 Å². The Morgan fingerprint density at radius 1 is 0.932 bits per heavy atom. The molecule has 3 heterocycles. The Bertz CT molecular complexity index is 1630. The van der Waals surface area contributed by atoms with Gasteiger partial charge in [0.1, 0.15) is 17.2 Å². The van der Waals surface area contributed by atoms with Crippen LogP contribution in [-0.4, -0.2) is 38.0 Å². The number of amides is 1. The molecule has 44 heavy (non-hydrogen) atoms. The third kappa shape index (κ3) is 6.02. The lowest BCUT2D eigenvalue weighted by Gasteiger charge is -2.33. The van der Waals surface area contributed by atoms with Crippen LogP contribution < -0.4 is 4.90 Å². The summed E-state index contributed by atoms with van der Waals surface area (Å²) in [5.41, 5.74) is 4.34. The van der Waals surface area contributed by atoms with Gasteiger partial charge in [0.25, 0.3) is 5.69 Å². The zero-order valence-corrected chi connectivity index (χ0v) is 25.1. The maximum Gasteiger partial charge on any atom is 0.410 e. The maximum absolute atomic E-state index is 13.9. The van der Waals surface area contributed by atoms with E-state index < -0.39 is 10.5 Å².